The molecule has 1 spiro atoms. The number of rotatable bonds is 0. The molecule has 1 atom stereocenters. The molecular weight excluding hydrogens is 341 g/mol. The fourth-order valence-electron chi connectivity index (χ4n) is 4.24. The third kappa shape index (κ3) is 1.76. The van der Waals surface area contributed by atoms with Gasteiger partial charge in [0, 0.05) is 29.4 Å². The number of hydrogen-bond acceptors (Lipinski definition) is 1. The van der Waals surface area contributed by atoms with E-state index in [9.17, 15) is 18.0 Å². The SMILES string of the molecule is O=C1Nc2c(C(F)(F)F)cccc2C12Cc1ccccc1-c1cccn12. The fraction of sp³-hybridized carbons (Fsp3) is 0.150. The van der Waals surface area contributed by atoms with Crippen LogP contribution < -0.4 is 5.32 Å². The molecule has 0 bridgehead atoms. The summed E-state index contributed by atoms with van der Waals surface area (Å²) in [6.07, 6.45) is -2.46. The maximum Gasteiger partial charge on any atom is 0.418 e. The lowest BCUT2D eigenvalue weighted by Gasteiger charge is -2.36. The van der Waals surface area contributed by atoms with Crippen LogP contribution in [0, 0.1) is 0 Å². The molecule has 130 valence electrons. The van der Waals surface area contributed by atoms with Crippen molar-refractivity contribution in [3.05, 3.63) is 77.5 Å². The quantitative estimate of drug-likeness (QED) is 0.637. The van der Waals surface area contributed by atoms with Gasteiger partial charge >= 0.3 is 6.18 Å². The standard InChI is InChI=1S/C20H13F3N2O/c21-20(22,23)15-8-3-7-14-17(15)24-18(26)19(14)11-12-5-1-2-6-13(12)16-9-4-10-25(16)19/h1-10H,11H2,(H,24,26). The van der Waals surface area contributed by atoms with Crippen LogP contribution in [0.4, 0.5) is 18.9 Å². The Bertz CT molecular complexity index is 1070. The third-order valence-electron chi connectivity index (χ3n) is 5.33. The first-order chi connectivity index (χ1) is 12.4. The van der Waals surface area contributed by atoms with Crippen molar-refractivity contribution in [1.29, 1.82) is 0 Å². The van der Waals surface area contributed by atoms with E-state index in [4.69, 9.17) is 0 Å². The molecule has 1 unspecified atom stereocenters. The van der Waals surface area contributed by atoms with Gasteiger partial charge in [-0.3, -0.25) is 4.79 Å². The Morgan fingerprint density at radius 3 is 2.62 bits per heavy atom. The number of carbonyl (C=O) groups is 1. The van der Waals surface area contributed by atoms with Crippen molar-refractivity contribution in [2.45, 2.75) is 18.1 Å². The number of fused-ring (bicyclic) bond motifs is 6. The Morgan fingerprint density at radius 1 is 1.00 bits per heavy atom. The molecule has 0 aliphatic carbocycles. The summed E-state index contributed by atoms with van der Waals surface area (Å²) in [6, 6.07) is 15.4. The number of aromatic nitrogens is 1. The number of nitrogens with one attached hydrogen (secondary N) is 1. The number of alkyl halides is 3. The van der Waals surface area contributed by atoms with E-state index in [0.717, 1.165) is 22.9 Å². The lowest BCUT2D eigenvalue weighted by atomic mass is 9.79. The van der Waals surface area contributed by atoms with Crippen LogP contribution in [0.2, 0.25) is 0 Å². The topological polar surface area (TPSA) is 34.0 Å². The van der Waals surface area contributed by atoms with E-state index >= 15 is 0 Å². The van der Waals surface area contributed by atoms with Gasteiger partial charge in [0.15, 0.2) is 5.54 Å². The average molecular weight is 354 g/mol. The lowest BCUT2D eigenvalue weighted by molar-refractivity contribution is -0.136. The molecule has 1 aromatic heterocycles. The van der Waals surface area contributed by atoms with Crippen molar-refractivity contribution in [2.75, 3.05) is 5.32 Å². The highest BCUT2D eigenvalue weighted by atomic mass is 19.4. The summed E-state index contributed by atoms with van der Waals surface area (Å²) in [7, 11) is 0. The molecule has 6 heteroatoms. The molecule has 0 saturated carbocycles. The Morgan fingerprint density at radius 2 is 1.81 bits per heavy atom. The minimum Gasteiger partial charge on any atom is -0.328 e. The van der Waals surface area contributed by atoms with E-state index < -0.39 is 23.2 Å². The number of benzene rings is 2. The number of nitrogens with zero attached hydrogens (tertiary/aromatic N) is 1. The van der Waals surface area contributed by atoms with Crippen LogP contribution in [0.3, 0.4) is 0 Å². The summed E-state index contributed by atoms with van der Waals surface area (Å²) in [5.41, 5.74) is 0.980. The molecule has 5 rings (SSSR count). The summed E-state index contributed by atoms with van der Waals surface area (Å²) in [5, 5.41) is 2.51. The van der Waals surface area contributed by atoms with Crippen molar-refractivity contribution >= 4 is 11.6 Å². The molecule has 2 aliphatic heterocycles. The largest absolute Gasteiger partial charge is 0.418 e. The molecule has 2 aromatic carbocycles. The Kier molecular flexibility index (Phi) is 2.81. The van der Waals surface area contributed by atoms with E-state index in [1.54, 1.807) is 16.8 Å². The fourth-order valence-corrected chi connectivity index (χ4v) is 4.24. The lowest BCUT2D eigenvalue weighted by Crippen LogP contribution is -2.45. The van der Waals surface area contributed by atoms with Crippen LogP contribution in [0.15, 0.2) is 60.8 Å². The predicted molar refractivity (Wildman–Crippen MR) is 90.7 cm³/mol. The monoisotopic (exact) mass is 354 g/mol. The number of anilines is 1. The number of carbonyl (C=O) groups excluding carboxylic acids is 1. The third-order valence-corrected chi connectivity index (χ3v) is 5.33. The number of halogens is 3. The summed E-state index contributed by atoms with van der Waals surface area (Å²) >= 11 is 0. The highest BCUT2D eigenvalue weighted by Crippen LogP contribution is 2.51. The molecule has 0 saturated heterocycles. The highest BCUT2D eigenvalue weighted by Gasteiger charge is 2.53. The van der Waals surface area contributed by atoms with Crippen molar-refractivity contribution in [1.82, 2.24) is 4.57 Å². The summed E-state index contributed by atoms with van der Waals surface area (Å²) in [5.74, 6) is -0.434. The summed E-state index contributed by atoms with van der Waals surface area (Å²) in [4.78, 5) is 13.1. The zero-order valence-electron chi connectivity index (χ0n) is 13.5. The van der Waals surface area contributed by atoms with Gasteiger partial charge in [0.2, 0.25) is 0 Å². The second kappa shape index (κ2) is 4.78. The molecule has 0 fully saturated rings. The van der Waals surface area contributed by atoms with E-state index in [0.29, 0.717) is 12.0 Å². The zero-order chi connectivity index (χ0) is 18.1. The van der Waals surface area contributed by atoms with Gasteiger partial charge in [0.05, 0.1) is 11.3 Å². The molecule has 2 aliphatic rings. The predicted octanol–water partition coefficient (Wildman–Crippen LogP) is 4.43. The van der Waals surface area contributed by atoms with Crippen molar-refractivity contribution in [3.63, 3.8) is 0 Å². The van der Waals surface area contributed by atoms with Crippen LogP contribution in [0.25, 0.3) is 11.3 Å². The van der Waals surface area contributed by atoms with E-state index in [2.05, 4.69) is 5.32 Å². The molecule has 1 N–H and O–H groups in total. The van der Waals surface area contributed by atoms with Gasteiger partial charge in [0.1, 0.15) is 0 Å². The van der Waals surface area contributed by atoms with Crippen LogP contribution in [-0.2, 0) is 22.9 Å². The minimum absolute atomic E-state index is 0.135. The van der Waals surface area contributed by atoms with Gasteiger partial charge in [-0.1, -0.05) is 36.4 Å². The smallest absolute Gasteiger partial charge is 0.328 e. The second-order valence-corrected chi connectivity index (χ2v) is 6.64. The molecule has 3 aromatic rings. The minimum atomic E-state index is -4.53. The Balaban J connectivity index is 1.83. The molecule has 26 heavy (non-hydrogen) atoms. The second-order valence-electron chi connectivity index (χ2n) is 6.64. The first kappa shape index (κ1) is 15.3. The van der Waals surface area contributed by atoms with Crippen LogP contribution in [-0.4, -0.2) is 10.5 Å². The molecule has 0 radical (unpaired) electrons. The molecule has 1 amide bonds. The van der Waals surface area contributed by atoms with Crippen molar-refractivity contribution in [2.24, 2.45) is 0 Å². The van der Waals surface area contributed by atoms with E-state index in [1.165, 1.54) is 6.07 Å². The molecular formula is C20H13F3N2O. The highest BCUT2D eigenvalue weighted by molar-refractivity contribution is 6.08. The van der Waals surface area contributed by atoms with Crippen LogP contribution in [0.5, 0.6) is 0 Å². The summed E-state index contributed by atoms with van der Waals surface area (Å²) in [6.45, 7) is 0. The maximum absolute atomic E-state index is 13.4. The van der Waals surface area contributed by atoms with E-state index in [1.807, 2.05) is 36.4 Å². The van der Waals surface area contributed by atoms with E-state index in [-0.39, 0.29) is 5.69 Å². The summed E-state index contributed by atoms with van der Waals surface area (Å²) < 4.78 is 42.1. The number of hydrogen-bond donors (Lipinski definition) is 1. The average Bonchev–Trinajstić information content (AvgIpc) is 3.19. The van der Waals surface area contributed by atoms with Gasteiger partial charge in [-0.2, -0.15) is 13.2 Å². The molecule has 3 heterocycles. The zero-order valence-corrected chi connectivity index (χ0v) is 13.5. The van der Waals surface area contributed by atoms with Gasteiger partial charge in [-0.05, 0) is 23.8 Å². The van der Waals surface area contributed by atoms with Gasteiger partial charge in [0.25, 0.3) is 5.91 Å². The van der Waals surface area contributed by atoms with Crippen LogP contribution >= 0.6 is 0 Å². The Labute approximate surface area is 147 Å². The van der Waals surface area contributed by atoms with Crippen molar-refractivity contribution < 1.29 is 18.0 Å². The first-order valence-corrected chi connectivity index (χ1v) is 8.21. The van der Waals surface area contributed by atoms with Gasteiger partial charge < -0.3 is 9.88 Å². The number of amides is 1. The molecule has 3 nitrogen and oxygen atoms in total. The van der Waals surface area contributed by atoms with Gasteiger partial charge in [-0.25, -0.2) is 0 Å². The Hall–Kier alpha value is -3.02. The first-order valence-electron chi connectivity index (χ1n) is 8.21. The van der Waals surface area contributed by atoms with Crippen LogP contribution in [0.1, 0.15) is 16.7 Å². The van der Waals surface area contributed by atoms with Crippen molar-refractivity contribution in [3.8, 4) is 11.3 Å². The normalized spacial score (nSPS) is 20.5. The number of para-hydroxylation sites is 1. The maximum atomic E-state index is 13.4. The van der Waals surface area contributed by atoms with Gasteiger partial charge in [-0.15, -0.1) is 0 Å².